The van der Waals surface area contributed by atoms with Crippen molar-refractivity contribution in [2.45, 2.75) is 90.3 Å². The molecule has 2 aliphatic carbocycles. The maximum absolute atomic E-state index is 10.9. The number of hydrogen-bond acceptors (Lipinski definition) is 11. The third-order valence-electron chi connectivity index (χ3n) is 7.82. The maximum atomic E-state index is 10.9. The second-order valence-corrected chi connectivity index (χ2v) is 12.7. The Hall–Kier alpha value is -2.44. The largest absolute Gasteiger partial charge is 0.390 e. The lowest BCUT2D eigenvalue weighted by Gasteiger charge is -2.35. The number of fused-ring (bicyclic) bond motifs is 1. The minimum atomic E-state index is -0.996. The fraction of sp³-hybridized carbons (Fsp3) is 0.643. The van der Waals surface area contributed by atoms with Crippen LogP contribution in [0.4, 0.5) is 11.8 Å². The van der Waals surface area contributed by atoms with Crippen LogP contribution in [-0.2, 0) is 4.74 Å². The van der Waals surface area contributed by atoms with Gasteiger partial charge in [-0.05, 0) is 78.2 Å². The molecule has 3 aromatic rings. The predicted molar refractivity (Wildman–Crippen MR) is 153 cm³/mol. The number of nitrogens with one attached hydrogen (secondary N) is 2. The number of aliphatic hydroxyl groups is 3. The van der Waals surface area contributed by atoms with E-state index in [2.05, 4.69) is 15.6 Å². The van der Waals surface area contributed by atoms with Crippen LogP contribution < -0.4 is 10.6 Å². The minimum absolute atomic E-state index is 0.241. The first kappa shape index (κ1) is 28.1. The Bertz CT molecular complexity index is 1310. The van der Waals surface area contributed by atoms with Crippen LogP contribution in [0.3, 0.4) is 0 Å². The van der Waals surface area contributed by atoms with Crippen molar-refractivity contribution >= 4 is 33.3 Å². The monoisotopic (exact) mass is 556 g/mol. The van der Waals surface area contributed by atoms with E-state index in [1.54, 1.807) is 31.4 Å². The van der Waals surface area contributed by atoms with Crippen LogP contribution in [0, 0.1) is 25.7 Å². The van der Waals surface area contributed by atoms with Gasteiger partial charge in [0.25, 0.3) is 0 Å². The van der Waals surface area contributed by atoms with Crippen molar-refractivity contribution in [3.05, 3.63) is 23.7 Å². The normalized spacial score (nSPS) is 27.1. The number of rotatable bonds is 10. The first-order valence-corrected chi connectivity index (χ1v) is 14.7. The standard InChI is InChI=1S/C28H40N6O4S/c1-6-38-18-9-16(10-18)13-30-27-31-14(2)21(26-33-22-15(3)29-8-7-20(22)39-26)25(34-27)32-19-11-17(12-28(4,5)37)23(35)24(19)36/h7-8,16-19,23-24,35-37H,6,9-13H2,1-5H3,(H2,30,31,32,34)/t16-,17-,18-,19-,23-,24+/m1/s1. The van der Waals surface area contributed by atoms with E-state index in [9.17, 15) is 15.3 Å². The van der Waals surface area contributed by atoms with Crippen LogP contribution in [0.2, 0.25) is 0 Å². The van der Waals surface area contributed by atoms with Gasteiger partial charge in [0, 0.05) is 19.3 Å². The first-order valence-electron chi connectivity index (χ1n) is 13.8. The lowest BCUT2D eigenvalue weighted by atomic mass is 9.82. The van der Waals surface area contributed by atoms with E-state index < -0.39 is 23.9 Å². The summed E-state index contributed by atoms with van der Waals surface area (Å²) in [5.41, 5.74) is 2.30. The van der Waals surface area contributed by atoms with Gasteiger partial charge in [-0.1, -0.05) is 0 Å². The topological polar surface area (TPSA) is 146 Å². The smallest absolute Gasteiger partial charge is 0.224 e. The van der Waals surface area contributed by atoms with E-state index in [0.29, 0.717) is 36.6 Å². The molecule has 10 nitrogen and oxygen atoms in total. The number of thiazole rings is 1. The number of hydrogen-bond donors (Lipinski definition) is 5. The molecule has 3 aromatic heterocycles. The van der Waals surface area contributed by atoms with Crippen molar-refractivity contribution < 1.29 is 20.1 Å². The molecule has 0 radical (unpaired) electrons. The second-order valence-electron chi connectivity index (χ2n) is 11.7. The molecule has 0 saturated heterocycles. The molecule has 0 amide bonds. The highest BCUT2D eigenvalue weighted by Crippen LogP contribution is 2.40. The lowest BCUT2D eigenvalue weighted by molar-refractivity contribution is -0.0205. The van der Waals surface area contributed by atoms with Gasteiger partial charge >= 0.3 is 0 Å². The Balaban J connectivity index is 1.43. The Morgan fingerprint density at radius 1 is 1.08 bits per heavy atom. The molecular weight excluding hydrogens is 516 g/mol. The van der Waals surface area contributed by atoms with Gasteiger partial charge in [-0.3, -0.25) is 4.98 Å². The van der Waals surface area contributed by atoms with Crippen LogP contribution in [0.1, 0.15) is 57.8 Å². The molecule has 0 bridgehead atoms. The average Bonchev–Trinajstić information content (AvgIpc) is 3.37. The Labute approximate surface area is 233 Å². The summed E-state index contributed by atoms with van der Waals surface area (Å²) in [6.07, 6.45) is 3.13. The fourth-order valence-corrected chi connectivity index (χ4v) is 6.95. The van der Waals surface area contributed by atoms with Crippen molar-refractivity contribution in [1.82, 2.24) is 19.9 Å². The molecule has 0 aliphatic heterocycles. The summed E-state index contributed by atoms with van der Waals surface area (Å²) >= 11 is 1.55. The quantitative estimate of drug-likeness (QED) is 0.251. The fourth-order valence-electron chi connectivity index (χ4n) is 5.84. The zero-order valence-corrected chi connectivity index (χ0v) is 24.1. The van der Waals surface area contributed by atoms with Crippen molar-refractivity contribution in [3.63, 3.8) is 0 Å². The van der Waals surface area contributed by atoms with Gasteiger partial charge in [-0.2, -0.15) is 4.98 Å². The summed E-state index contributed by atoms with van der Waals surface area (Å²) in [6, 6.07) is 1.51. The molecule has 0 aromatic carbocycles. The number of aliphatic hydroxyl groups excluding tert-OH is 2. The lowest BCUT2D eigenvalue weighted by Crippen LogP contribution is -2.36. The Kier molecular flexibility index (Phi) is 8.08. The molecule has 5 N–H and O–H groups in total. The van der Waals surface area contributed by atoms with Crippen LogP contribution in [0.25, 0.3) is 20.8 Å². The third kappa shape index (κ3) is 6.17. The van der Waals surface area contributed by atoms with E-state index in [1.165, 1.54) is 0 Å². The van der Waals surface area contributed by atoms with Gasteiger partial charge in [-0.15, -0.1) is 11.3 Å². The summed E-state index contributed by atoms with van der Waals surface area (Å²) < 4.78 is 6.72. The highest BCUT2D eigenvalue weighted by Gasteiger charge is 2.43. The SMILES string of the molecule is CCO[C@H]1C[C@H](CNc2nc(C)c(-c3nc4c(C)nccc4s3)c(N[C@@H]3C[C@H](CC(C)(C)O)[C@@H](O)[C@H]3O)n2)C1. The van der Waals surface area contributed by atoms with Crippen molar-refractivity contribution in [2.24, 2.45) is 11.8 Å². The summed E-state index contributed by atoms with van der Waals surface area (Å²) in [7, 11) is 0. The maximum Gasteiger partial charge on any atom is 0.224 e. The number of aryl methyl sites for hydroxylation is 2. The molecule has 11 heteroatoms. The van der Waals surface area contributed by atoms with E-state index >= 15 is 0 Å². The van der Waals surface area contributed by atoms with E-state index in [-0.39, 0.29) is 5.92 Å². The number of ether oxygens (including phenoxy) is 1. The van der Waals surface area contributed by atoms with Crippen LogP contribution >= 0.6 is 11.3 Å². The third-order valence-corrected chi connectivity index (χ3v) is 8.86. The molecule has 0 unspecified atom stereocenters. The molecule has 0 spiro atoms. The number of aromatic nitrogens is 4. The highest BCUT2D eigenvalue weighted by molar-refractivity contribution is 7.21. The molecule has 4 atom stereocenters. The summed E-state index contributed by atoms with van der Waals surface area (Å²) in [6.45, 7) is 10.8. The average molecular weight is 557 g/mol. The van der Waals surface area contributed by atoms with Gasteiger partial charge in [0.1, 0.15) is 22.4 Å². The van der Waals surface area contributed by atoms with Gasteiger partial charge in [-0.25, -0.2) is 9.97 Å². The second kappa shape index (κ2) is 11.2. The van der Waals surface area contributed by atoms with Gasteiger partial charge in [0.05, 0.1) is 45.5 Å². The van der Waals surface area contributed by atoms with E-state index in [1.807, 2.05) is 26.8 Å². The minimum Gasteiger partial charge on any atom is -0.390 e. The van der Waals surface area contributed by atoms with E-state index in [4.69, 9.17) is 19.7 Å². The molecule has 3 heterocycles. The Morgan fingerprint density at radius 3 is 2.54 bits per heavy atom. The number of anilines is 2. The molecular formula is C28H40N6O4S. The van der Waals surface area contributed by atoms with Crippen molar-refractivity contribution in [3.8, 4) is 10.6 Å². The van der Waals surface area contributed by atoms with Crippen molar-refractivity contribution in [2.75, 3.05) is 23.8 Å². The number of pyridine rings is 1. The van der Waals surface area contributed by atoms with Gasteiger partial charge < -0.3 is 30.7 Å². The summed E-state index contributed by atoms with van der Waals surface area (Å²) in [5, 5.41) is 39.6. The highest BCUT2D eigenvalue weighted by atomic mass is 32.1. The molecule has 2 aliphatic rings. The molecule has 212 valence electrons. The zero-order valence-electron chi connectivity index (χ0n) is 23.3. The molecule has 39 heavy (non-hydrogen) atoms. The van der Waals surface area contributed by atoms with Crippen molar-refractivity contribution in [1.29, 1.82) is 0 Å². The van der Waals surface area contributed by atoms with Crippen LogP contribution in [0.15, 0.2) is 12.3 Å². The predicted octanol–water partition coefficient (Wildman–Crippen LogP) is 3.68. The summed E-state index contributed by atoms with van der Waals surface area (Å²) in [5.74, 6) is 1.35. The molecule has 2 fully saturated rings. The zero-order chi connectivity index (χ0) is 27.9. The van der Waals surface area contributed by atoms with Gasteiger partial charge in [0.2, 0.25) is 5.95 Å². The van der Waals surface area contributed by atoms with E-state index in [0.717, 1.165) is 58.2 Å². The molecule has 5 rings (SSSR count). The summed E-state index contributed by atoms with van der Waals surface area (Å²) in [4.78, 5) is 18.9. The van der Waals surface area contributed by atoms with Crippen LogP contribution in [0.5, 0.6) is 0 Å². The molecule has 2 saturated carbocycles. The Morgan fingerprint density at radius 2 is 1.85 bits per heavy atom. The first-order chi connectivity index (χ1) is 18.5. The van der Waals surface area contributed by atoms with Crippen LogP contribution in [-0.4, -0.2) is 78.4 Å². The van der Waals surface area contributed by atoms with Gasteiger partial charge in [0.15, 0.2) is 0 Å². The number of nitrogens with zero attached hydrogens (tertiary/aromatic N) is 4.